The van der Waals surface area contributed by atoms with Crippen LogP contribution in [0.1, 0.15) is 20.8 Å². The molecule has 0 radical (unpaired) electrons. The van der Waals surface area contributed by atoms with Gasteiger partial charge in [0.1, 0.15) is 12.4 Å². The minimum Gasteiger partial charge on any atom is -0.493 e. The van der Waals surface area contributed by atoms with E-state index in [0.717, 1.165) is 6.54 Å². The van der Waals surface area contributed by atoms with Crippen LogP contribution in [0.3, 0.4) is 0 Å². The number of hydrogen-bond acceptors (Lipinski definition) is 5. The van der Waals surface area contributed by atoms with Crippen molar-refractivity contribution in [1.29, 1.82) is 0 Å². The van der Waals surface area contributed by atoms with Crippen molar-refractivity contribution in [3.05, 3.63) is 12.1 Å². The molecule has 1 aromatic carbocycles. The number of methoxy groups -OCH3 is 3. The summed E-state index contributed by atoms with van der Waals surface area (Å²) in [5.41, 5.74) is 0.0820. The summed E-state index contributed by atoms with van der Waals surface area (Å²) in [6.45, 7) is 7.68. The maximum absolute atomic E-state index is 5.71. The average molecular weight is 283 g/mol. The Morgan fingerprint density at radius 2 is 1.50 bits per heavy atom. The standard InChI is InChI=1S/C15H25NO4/c1-15(2,3)16-7-8-20-11-9-12(17-4)14(19-6)13(10-11)18-5/h9-10,16H,7-8H2,1-6H3. The number of hydrogen-bond donors (Lipinski definition) is 1. The molecule has 0 aliphatic carbocycles. The fraction of sp³-hybridized carbons (Fsp3) is 0.600. The molecule has 1 rings (SSSR count). The van der Waals surface area contributed by atoms with Gasteiger partial charge in [0.15, 0.2) is 11.5 Å². The highest BCUT2D eigenvalue weighted by molar-refractivity contribution is 5.55. The van der Waals surface area contributed by atoms with Gasteiger partial charge in [-0.15, -0.1) is 0 Å². The molecule has 0 aromatic heterocycles. The van der Waals surface area contributed by atoms with Crippen LogP contribution in [0.4, 0.5) is 0 Å². The van der Waals surface area contributed by atoms with Crippen LogP contribution in [-0.4, -0.2) is 40.0 Å². The van der Waals surface area contributed by atoms with Gasteiger partial charge >= 0.3 is 0 Å². The second-order valence-electron chi connectivity index (χ2n) is 5.39. The van der Waals surface area contributed by atoms with E-state index >= 15 is 0 Å². The predicted octanol–water partition coefficient (Wildman–Crippen LogP) is 2.48. The van der Waals surface area contributed by atoms with Crippen LogP contribution in [0.15, 0.2) is 12.1 Å². The summed E-state index contributed by atoms with van der Waals surface area (Å²) >= 11 is 0. The lowest BCUT2D eigenvalue weighted by molar-refractivity contribution is 0.282. The molecular weight excluding hydrogens is 258 g/mol. The summed E-state index contributed by atoms with van der Waals surface area (Å²) in [6.07, 6.45) is 0. The first-order chi connectivity index (χ1) is 9.41. The zero-order chi connectivity index (χ0) is 15.2. The molecule has 0 atom stereocenters. The summed E-state index contributed by atoms with van der Waals surface area (Å²) in [6, 6.07) is 3.58. The Labute approximate surface area is 121 Å². The van der Waals surface area contributed by atoms with Gasteiger partial charge in [0.2, 0.25) is 5.75 Å². The maximum atomic E-state index is 5.71. The van der Waals surface area contributed by atoms with Crippen LogP contribution in [0.25, 0.3) is 0 Å². The van der Waals surface area contributed by atoms with Crippen LogP contribution in [0, 0.1) is 0 Å². The third-order valence-electron chi connectivity index (χ3n) is 2.66. The highest BCUT2D eigenvalue weighted by Gasteiger charge is 2.14. The Balaban J connectivity index is 2.71. The molecule has 0 unspecified atom stereocenters. The molecular formula is C15H25NO4. The molecule has 114 valence electrons. The molecule has 5 heteroatoms. The van der Waals surface area contributed by atoms with Crippen LogP contribution in [-0.2, 0) is 0 Å². The van der Waals surface area contributed by atoms with E-state index in [-0.39, 0.29) is 5.54 Å². The molecule has 0 fully saturated rings. The van der Waals surface area contributed by atoms with E-state index < -0.39 is 0 Å². The largest absolute Gasteiger partial charge is 0.493 e. The molecule has 5 nitrogen and oxygen atoms in total. The lowest BCUT2D eigenvalue weighted by atomic mass is 10.1. The van der Waals surface area contributed by atoms with Gasteiger partial charge in [-0.05, 0) is 20.8 Å². The van der Waals surface area contributed by atoms with Crippen LogP contribution < -0.4 is 24.3 Å². The Kier molecular flexibility index (Phi) is 5.95. The first-order valence-corrected chi connectivity index (χ1v) is 6.59. The van der Waals surface area contributed by atoms with Crippen molar-refractivity contribution in [2.24, 2.45) is 0 Å². The van der Waals surface area contributed by atoms with Crippen LogP contribution in [0.2, 0.25) is 0 Å². The number of ether oxygens (including phenoxy) is 4. The molecule has 0 amide bonds. The summed E-state index contributed by atoms with van der Waals surface area (Å²) in [5, 5.41) is 3.36. The molecule has 0 aliphatic heterocycles. The van der Waals surface area contributed by atoms with Gasteiger partial charge in [0.25, 0.3) is 0 Å². The van der Waals surface area contributed by atoms with E-state index in [9.17, 15) is 0 Å². The van der Waals surface area contributed by atoms with Crippen molar-refractivity contribution in [2.45, 2.75) is 26.3 Å². The van der Waals surface area contributed by atoms with E-state index in [0.29, 0.717) is 29.6 Å². The lowest BCUT2D eigenvalue weighted by Gasteiger charge is -2.20. The molecule has 0 saturated carbocycles. The second-order valence-corrected chi connectivity index (χ2v) is 5.39. The second kappa shape index (κ2) is 7.24. The van der Waals surface area contributed by atoms with Crippen molar-refractivity contribution < 1.29 is 18.9 Å². The first-order valence-electron chi connectivity index (χ1n) is 6.59. The van der Waals surface area contributed by atoms with Gasteiger partial charge in [-0.25, -0.2) is 0 Å². The average Bonchev–Trinajstić information content (AvgIpc) is 2.41. The van der Waals surface area contributed by atoms with Crippen molar-refractivity contribution in [1.82, 2.24) is 5.32 Å². The molecule has 0 bridgehead atoms. The summed E-state index contributed by atoms with van der Waals surface area (Å²) in [5.74, 6) is 2.43. The molecule has 0 spiro atoms. The monoisotopic (exact) mass is 283 g/mol. The third kappa shape index (κ3) is 4.81. The van der Waals surface area contributed by atoms with Gasteiger partial charge in [0, 0.05) is 24.2 Å². The fourth-order valence-electron chi connectivity index (χ4n) is 1.74. The van der Waals surface area contributed by atoms with Crippen LogP contribution >= 0.6 is 0 Å². The van der Waals surface area contributed by atoms with E-state index in [1.54, 1.807) is 33.5 Å². The summed E-state index contributed by atoms with van der Waals surface area (Å²) in [7, 11) is 4.75. The highest BCUT2D eigenvalue weighted by atomic mass is 16.5. The van der Waals surface area contributed by atoms with Crippen molar-refractivity contribution >= 4 is 0 Å². The fourth-order valence-corrected chi connectivity index (χ4v) is 1.74. The number of rotatable bonds is 7. The first kappa shape index (κ1) is 16.4. The minimum absolute atomic E-state index is 0.0820. The van der Waals surface area contributed by atoms with E-state index in [1.807, 2.05) is 0 Å². The van der Waals surface area contributed by atoms with E-state index in [1.165, 1.54) is 0 Å². The summed E-state index contributed by atoms with van der Waals surface area (Å²) in [4.78, 5) is 0. The van der Waals surface area contributed by atoms with Crippen LogP contribution in [0.5, 0.6) is 23.0 Å². The molecule has 0 heterocycles. The quantitative estimate of drug-likeness (QED) is 0.779. The molecule has 0 aliphatic rings. The Bertz CT molecular complexity index is 401. The zero-order valence-corrected chi connectivity index (χ0v) is 13.2. The van der Waals surface area contributed by atoms with Gasteiger partial charge in [-0.2, -0.15) is 0 Å². The minimum atomic E-state index is 0.0820. The van der Waals surface area contributed by atoms with Gasteiger partial charge in [-0.1, -0.05) is 0 Å². The van der Waals surface area contributed by atoms with Crippen molar-refractivity contribution in [3.8, 4) is 23.0 Å². The number of benzene rings is 1. The lowest BCUT2D eigenvalue weighted by Crippen LogP contribution is -2.38. The number of nitrogens with one attached hydrogen (secondary N) is 1. The van der Waals surface area contributed by atoms with Gasteiger partial charge < -0.3 is 24.3 Å². The topological polar surface area (TPSA) is 49.0 Å². The maximum Gasteiger partial charge on any atom is 0.203 e. The Hall–Kier alpha value is -1.62. The zero-order valence-electron chi connectivity index (χ0n) is 13.2. The summed E-state index contributed by atoms with van der Waals surface area (Å²) < 4.78 is 21.5. The van der Waals surface area contributed by atoms with Gasteiger partial charge in [0.05, 0.1) is 21.3 Å². The Morgan fingerprint density at radius 1 is 0.950 bits per heavy atom. The SMILES string of the molecule is COc1cc(OCCNC(C)(C)C)cc(OC)c1OC. The molecule has 1 N–H and O–H groups in total. The third-order valence-corrected chi connectivity index (χ3v) is 2.66. The predicted molar refractivity (Wildman–Crippen MR) is 79.3 cm³/mol. The van der Waals surface area contributed by atoms with E-state index in [4.69, 9.17) is 18.9 Å². The molecule has 1 aromatic rings. The normalized spacial score (nSPS) is 11.1. The van der Waals surface area contributed by atoms with Crippen molar-refractivity contribution in [3.63, 3.8) is 0 Å². The smallest absolute Gasteiger partial charge is 0.203 e. The van der Waals surface area contributed by atoms with Crippen molar-refractivity contribution in [2.75, 3.05) is 34.5 Å². The Morgan fingerprint density at radius 3 is 1.90 bits per heavy atom. The molecule has 0 saturated heterocycles. The van der Waals surface area contributed by atoms with E-state index in [2.05, 4.69) is 26.1 Å². The highest BCUT2D eigenvalue weighted by Crippen LogP contribution is 2.40. The molecule has 20 heavy (non-hydrogen) atoms. The van der Waals surface area contributed by atoms with Gasteiger partial charge in [-0.3, -0.25) is 0 Å².